The second kappa shape index (κ2) is 4.80. The van der Waals surface area contributed by atoms with Gasteiger partial charge in [-0.15, -0.1) is 0 Å². The van der Waals surface area contributed by atoms with Crippen LogP contribution in [-0.4, -0.2) is 5.11 Å². The number of benzene rings is 2. The largest absolute Gasteiger partial charge is 0.458 e. The van der Waals surface area contributed by atoms with E-state index in [-0.39, 0.29) is 0 Å². The van der Waals surface area contributed by atoms with E-state index in [0.717, 1.165) is 16.5 Å². The predicted octanol–water partition coefficient (Wildman–Crippen LogP) is 4.19. The van der Waals surface area contributed by atoms with Crippen molar-refractivity contribution in [2.75, 3.05) is 0 Å². The summed E-state index contributed by atoms with van der Waals surface area (Å²) in [6, 6.07) is 17.9. The van der Waals surface area contributed by atoms with E-state index in [1.165, 1.54) is 5.56 Å². The van der Waals surface area contributed by atoms with Crippen LogP contribution in [0, 0.1) is 6.92 Å². The number of rotatable bonds is 3. The van der Waals surface area contributed by atoms with Gasteiger partial charge in [-0.25, -0.2) is 0 Å². The molecule has 102 valence electrons. The fourth-order valence-electron chi connectivity index (χ4n) is 2.51. The van der Waals surface area contributed by atoms with E-state index in [4.69, 9.17) is 4.42 Å². The molecule has 0 saturated heterocycles. The molecule has 0 amide bonds. The molecule has 2 heteroatoms. The van der Waals surface area contributed by atoms with Crippen molar-refractivity contribution in [3.8, 4) is 0 Å². The van der Waals surface area contributed by atoms with Crippen molar-refractivity contribution in [3.05, 3.63) is 71.5 Å². The van der Waals surface area contributed by atoms with Gasteiger partial charge in [0.1, 0.15) is 16.9 Å². The summed E-state index contributed by atoms with van der Waals surface area (Å²) in [7, 11) is 0. The Balaban J connectivity index is 1.96. The first kappa shape index (κ1) is 12.9. The van der Waals surface area contributed by atoms with E-state index in [1.807, 2.05) is 55.5 Å². The second-order valence-electron chi connectivity index (χ2n) is 5.59. The Morgan fingerprint density at radius 3 is 2.55 bits per heavy atom. The third kappa shape index (κ3) is 2.47. The van der Waals surface area contributed by atoms with Crippen molar-refractivity contribution < 1.29 is 9.52 Å². The first-order valence-corrected chi connectivity index (χ1v) is 6.82. The number of furan rings is 1. The molecule has 1 heterocycles. The Bertz CT molecular complexity index is 724. The second-order valence-corrected chi connectivity index (χ2v) is 5.59. The summed E-state index contributed by atoms with van der Waals surface area (Å²) in [5.74, 6) is 0.613. The highest BCUT2D eigenvalue weighted by Gasteiger charge is 2.27. The lowest BCUT2D eigenvalue weighted by atomic mass is 9.94. The topological polar surface area (TPSA) is 33.4 Å². The Morgan fingerprint density at radius 2 is 1.80 bits per heavy atom. The average molecular weight is 266 g/mol. The summed E-state index contributed by atoms with van der Waals surface area (Å²) >= 11 is 0. The Hall–Kier alpha value is -2.06. The molecule has 0 fully saturated rings. The zero-order valence-electron chi connectivity index (χ0n) is 11.8. The van der Waals surface area contributed by atoms with Gasteiger partial charge in [-0.2, -0.15) is 0 Å². The summed E-state index contributed by atoms with van der Waals surface area (Å²) in [6.45, 7) is 3.85. The highest BCUT2D eigenvalue weighted by atomic mass is 16.4. The van der Waals surface area contributed by atoms with E-state index in [2.05, 4.69) is 6.07 Å². The van der Waals surface area contributed by atoms with Gasteiger partial charge in [0.05, 0.1) is 0 Å². The van der Waals surface area contributed by atoms with Crippen LogP contribution >= 0.6 is 0 Å². The van der Waals surface area contributed by atoms with Crippen LogP contribution in [0.4, 0.5) is 0 Å². The molecule has 20 heavy (non-hydrogen) atoms. The molecular formula is C18H18O2. The first-order valence-electron chi connectivity index (χ1n) is 6.82. The molecule has 0 spiro atoms. The number of hydrogen-bond acceptors (Lipinski definition) is 2. The molecule has 0 aliphatic heterocycles. The highest BCUT2D eigenvalue weighted by Crippen LogP contribution is 2.31. The summed E-state index contributed by atoms with van der Waals surface area (Å²) in [5, 5.41) is 11.8. The Labute approximate surface area is 118 Å². The van der Waals surface area contributed by atoms with Gasteiger partial charge in [0.2, 0.25) is 0 Å². The van der Waals surface area contributed by atoms with Crippen molar-refractivity contribution in [2.45, 2.75) is 25.9 Å². The Kier molecular flexibility index (Phi) is 3.11. The van der Waals surface area contributed by atoms with Gasteiger partial charge < -0.3 is 9.52 Å². The van der Waals surface area contributed by atoms with Crippen molar-refractivity contribution in [1.29, 1.82) is 0 Å². The van der Waals surface area contributed by atoms with Gasteiger partial charge in [0.25, 0.3) is 0 Å². The molecule has 1 N–H and O–H groups in total. The summed E-state index contributed by atoms with van der Waals surface area (Å²) in [6.07, 6.45) is 0.534. The van der Waals surface area contributed by atoms with Crippen LogP contribution in [0.2, 0.25) is 0 Å². The van der Waals surface area contributed by atoms with Crippen LogP contribution < -0.4 is 0 Å². The molecule has 0 aliphatic rings. The lowest BCUT2D eigenvalue weighted by Gasteiger charge is -2.20. The minimum absolute atomic E-state index is 0.534. The number of aliphatic hydroxyl groups is 1. The normalized spacial score (nSPS) is 14.3. The van der Waals surface area contributed by atoms with Gasteiger partial charge in [-0.3, -0.25) is 0 Å². The fourth-order valence-corrected chi connectivity index (χ4v) is 2.51. The van der Waals surface area contributed by atoms with Crippen LogP contribution in [0.1, 0.15) is 23.8 Å². The lowest BCUT2D eigenvalue weighted by molar-refractivity contribution is 0.0360. The molecule has 3 rings (SSSR count). The standard InChI is InChI=1S/C18H18O2/c1-13-8-9-16-15(10-13)11-17(20-16)18(2,19)12-14-6-4-3-5-7-14/h3-11,19H,12H2,1-2H3. The zero-order chi connectivity index (χ0) is 14.2. The molecule has 2 aromatic carbocycles. The quantitative estimate of drug-likeness (QED) is 0.771. The van der Waals surface area contributed by atoms with Crippen LogP contribution in [-0.2, 0) is 12.0 Å². The molecule has 1 unspecified atom stereocenters. The molecule has 1 atom stereocenters. The first-order chi connectivity index (χ1) is 9.54. The maximum atomic E-state index is 10.7. The Morgan fingerprint density at radius 1 is 1.05 bits per heavy atom. The number of fused-ring (bicyclic) bond motifs is 1. The van der Waals surface area contributed by atoms with Gasteiger partial charge in [-0.05, 0) is 37.6 Å². The van der Waals surface area contributed by atoms with Gasteiger partial charge >= 0.3 is 0 Å². The molecule has 2 nitrogen and oxygen atoms in total. The van der Waals surface area contributed by atoms with E-state index in [9.17, 15) is 5.11 Å². The van der Waals surface area contributed by atoms with Crippen molar-refractivity contribution in [3.63, 3.8) is 0 Å². The summed E-state index contributed by atoms with van der Waals surface area (Å²) in [4.78, 5) is 0. The van der Waals surface area contributed by atoms with Crippen LogP contribution in [0.3, 0.4) is 0 Å². The SMILES string of the molecule is Cc1ccc2oc(C(C)(O)Cc3ccccc3)cc2c1. The van der Waals surface area contributed by atoms with E-state index >= 15 is 0 Å². The molecule has 1 aromatic heterocycles. The third-order valence-electron chi connectivity index (χ3n) is 3.59. The van der Waals surface area contributed by atoms with Crippen molar-refractivity contribution >= 4 is 11.0 Å². The summed E-state index contributed by atoms with van der Waals surface area (Å²) in [5.41, 5.74) is 2.09. The number of hydrogen-bond donors (Lipinski definition) is 1. The van der Waals surface area contributed by atoms with Crippen LogP contribution in [0.5, 0.6) is 0 Å². The zero-order valence-corrected chi connectivity index (χ0v) is 11.8. The molecule has 0 saturated carbocycles. The molecule has 0 aliphatic carbocycles. The van der Waals surface area contributed by atoms with E-state index < -0.39 is 5.60 Å². The van der Waals surface area contributed by atoms with Gasteiger partial charge in [0, 0.05) is 11.8 Å². The fraction of sp³-hybridized carbons (Fsp3) is 0.222. The minimum Gasteiger partial charge on any atom is -0.458 e. The van der Waals surface area contributed by atoms with Crippen molar-refractivity contribution in [1.82, 2.24) is 0 Å². The van der Waals surface area contributed by atoms with Crippen molar-refractivity contribution in [2.24, 2.45) is 0 Å². The third-order valence-corrected chi connectivity index (χ3v) is 3.59. The summed E-state index contributed by atoms with van der Waals surface area (Å²) < 4.78 is 5.81. The highest BCUT2D eigenvalue weighted by molar-refractivity contribution is 5.78. The van der Waals surface area contributed by atoms with Crippen LogP contribution in [0.15, 0.2) is 59.0 Å². The van der Waals surface area contributed by atoms with E-state index in [0.29, 0.717) is 12.2 Å². The molecular weight excluding hydrogens is 248 g/mol. The minimum atomic E-state index is -1.01. The van der Waals surface area contributed by atoms with Gasteiger partial charge in [0.15, 0.2) is 0 Å². The maximum absolute atomic E-state index is 10.7. The average Bonchev–Trinajstić information content (AvgIpc) is 2.83. The predicted molar refractivity (Wildman–Crippen MR) is 80.7 cm³/mol. The van der Waals surface area contributed by atoms with E-state index in [1.54, 1.807) is 6.92 Å². The van der Waals surface area contributed by atoms with Gasteiger partial charge in [-0.1, -0.05) is 42.0 Å². The molecule has 0 bridgehead atoms. The number of aryl methyl sites for hydroxylation is 1. The maximum Gasteiger partial charge on any atom is 0.136 e. The molecule has 3 aromatic rings. The monoisotopic (exact) mass is 266 g/mol. The lowest BCUT2D eigenvalue weighted by Crippen LogP contribution is -2.23. The molecule has 0 radical (unpaired) electrons. The smallest absolute Gasteiger partial charge is 0.136 e. The van der Waals surface area contributed by atoms with Crippen LogP contribution in [0.25, 0.3) is 11.0 Å².